The Morgan fingerprint density at radius 3 is 2.78 bits per heavy atom. The van der Waals surface area contributed by atoms with Crippen molar-refractivity contribution in [2.45, 2.75) is 19.9 Å². The first-order valence-electron chi connectivity index (χ1n) is 5.52. The molecule has 0 radical (unpaired) electrons. The van der Waals surface area contributed by atoms with Gasteiger partial charge < -0.3 is 4.74 Å². The minimum atomic E-state index is 0.298. The van der Waals surface area contributed by atoms with Crippen LogP contribution in [0, 0.1) is 11.3 Å². The average Bonchev–Trinajstić information content (AvgIpc) is 2.80. The second kappa shape index (κ2) is 5.23. The molecule has 0 aliphatic rings. The lowest BCUT2D eigenvalue weighted by atomic mass is 10.2. The minimum absolute atomic E-state index is 0.298. The van der Waals surface area contributed by atoms with Crippen molar-refractivity contribution in [1.29, 1.82) is 5.26 Å². The molecule has 2 aromatic rings. The standard InChI is InChI=1S/C13H12BrN3O/c1-9(2)17-8-11(7-16-17)18-13-4-3-10(6-15)5-12(13)14/h3-5,7-9H,1-2H3. The molecule has 0 unspecified atom stereocenters. The molecule has 0 bridgehead atoms. The second-order valence-electron chi connectivity index (χ2n) is 4.11. The van der Waals surface area contributed by atoms with Crippen LogP contribution < -0.4 is 4.74 Å². The van der Waals surface area contributed by atoms with E-state index in [2.05, 4.69) is 40.9 Å². The van der Waals surface area contributed by atoms with Gasteiger partial charge in [-0.1, -0.05) is 0 Å². The number of nitriles is 1. The molecular weight excluding hydrogens is 294 g/mol. The van der Waals surface area contributed by atoms with Crippen molar-refractivity contribution in [3.63, 3.8) is 0 Å². The van der Waals surface area contributed by atoms with Crippen LogP contribution in [-0.2, 0) is 0 Å². The number of aromatic nitrogens is 2. The van der Waals surface area contributed by atoms with Crippen molar-refractivity contribution >= 4 is 15.9 Å². The highest BCUT2D eigenvalue weighted by molar-refractivity contribution is 9.10. The number of hydrogen-bond acceptors (Lipinski definition) is 3. The molecule has 2 rings (SSSR count). The average molecular weight is 306 g/mol. The van der Waals surface area contributed by atoms with Gasteiger partial charge in [-0.25, -0.2) is 0 Å². The van der Waals surface area contributed by atoms with Crippen LogP contribution in [0.4, 0.5) is 0 Å². The molecule has 0 aliphatic carbocycles. The topological polar surface area (TPSA) is 50.8 Å². The molecule has 0 N–H and O–H groups in total. The molecule has 18 heavy (non-hydrogen) atoms. The molecule has 0 atom stereocenters. The molecule has 0 spiro atoms. The quantitative estimate of drug-likeness (QED) is 0.864. The molecular formula is C13H12BrN3O. The zero-order valence-corrected chi connectivity index (χ0v) is 11.7. The Morgan fingerprint density at radius 1 is 1.44 bits per heavy atom. The minimum Gasteiger partial charge on any atom is -0.453 e. The van der Waals surface area contributed by atoms with E-state index in [9.17, 15) is 0 Å². The van der Waals surface area contributed by atoms with E-state index < -0.39 is 0 Å². The summed E-state index contributed by atoms with van der Waals surface area (Å²) in [6.45, 7) is 4.10. The van der Waals surface area contributed by atoms with Crippen LogP contribution in [0.5, 0.6) is 11.5 Å². The highest BCUT2D eigenvalue weighted by atomic mass is 79.9. The third-order valence-electron chi connectivity index (χ3n) is 2.40. The predicted octanol–water partition coefficient (Wildman–Crippen LogP) is 3.89. The monoisotopic (exact) mass is 305 g/mol. The molecule has 0 amide bonds. The van der Waals surface area contributed by atoms with Crippen molar-refractivity contribution in [2.75, 3.05) is 0 Å². The van der Waals surface area contributed by atoms with E-state index in [0.717, 1.165) is 4.47 Å². The number of rotatable bonds is 3. The van der Waals surface area contributed by atoms with Gasteiger partial charge in [-0.05, 0) is 48.0 Å². The fourth-order valence-corrected chi connectivity index (χ4v) is 1.90. The number of ether oxygens (including phenoxy) is 1. The zero-order valence-electron chi connectivity index (χ0n) is 10.1. The normalized spacial score (nSPS) is 10.4. The second-order valence-corrected chi connectivity index (χ2v) is 4.96. The summed E-state index contributed by atoms with van der Waals surface area (Å²) < 4.78 is 8.28. The van der Waals surface area contributed by atoms with Crippen LogP contribution in [0.1, 0.15) is 25.5 Å². The Bertz CT molecular complexity index is 599. The van der Waals surface area contributed by atoms with Crippen molar-refractivity contribution in [2.24, 2.45) is 0 Å². The fraction of sp³-hybridized carbons (Fsp3) is 0.231. The first kappa shape index (κ1) is 12.7. The van der Waals surface area contributed by atoms with Gasteiger partial charge in [-0.2, -0.15) is 10.4 Å². The maximum absolute atomic E-state index is 8.78. The Balaban J connectivity index is 2.21. The predicted molar refractivity (Wildman–Crippen MR) is 71.5 cm³/mol. The third kappa shape index (κ3) is 2.71. The van der Waals surface area contributed by atoms with E-state index in [0.29, 0.717) is 23.1 Å². The lowest BCUT2D eigenvalue weighted by Crippen LogP contribution is -1.99. The molecule has 1 heterocycles. The zero-order chi connectivity index (χ0) is 13.1. The van der Waals surface area contributed by atoms with E-state index in [1.54, 1.807) is 24.4 Å². The van der Waals surface area contributed by atoms with Crippen LogP contribution in [0.15, 0.2) is 35.1 Å². The van der Waals surface area contributed by atoms with Crippen LogP contribution >= 0.6 is 15.9 Å². The number of nitrogens with zero attached hydrogens (tertiary/aromatic N) is 3. The smallest absolute Gasteiger partial charge is 0.165 e. The largest absolute Gasteiger partial charge is 0.453 e. The molecule has 0 saturated carbocycles. The molecule has 5 heteroatoms. The van der Waals surface area contributed by atoms with Crippen molar-refractivity contribution in [3.8, 4) is 17.6 Å². The van der Waals surface area contributed by atoms with E-state index >= 15 is 0 Å². The molecule has 0 saturated heterocycles. The summed E-state index contributed by atoms with van der Waals surface area (Å²) in [5.74, 6) is 1.34. The van der Waals surface area contributed by atoms with Crippen LogP contribution in [0.25, 0.3) is 0 Å². The van der Waals surface area contributed by atoms with Crippen molar-refractivity contribution in [1.82, 2.24) is 9.78 Å². The summed E-state index contributed by atoms with van der Waals surface area (Å²) >= 11 is 3.38. The summed E-state index contributed by atoms with van der Waals surface area (Å²) in [7, 11) is 0. The SMILES string of the molecule is CC(C)n1cc(Oc2ccc(C#N)cc2Br)cn1. The molecule has 0 aliphatic heterocycles. The van der Waals surface area contributed by atoms with Gasteiger partial charge in [-0.3, -0.25) is 4.68 Å². The van der Waals surface area contributed by atoms with Gasteiger partial charge in [0.05, 0.1) is 28.5 Å². The Labute approximate surface area is 114 Å². The van der Waals surface area contributed by atoms with Crippen molar-refractivity contribution < 1.29 is 4.74 Å². The number of benzene rings is 1. The van der Waals surface area contributed by atoms with Crippen LogP contribution in [0.2, 0.25) is 0 Å². The summed E-state index contributed by atoms with van der Waals surface area (Å²) in [6.07, 6.45) is 3.51. The summed E-state index contributed by atoms with van der Waals surface area (Å²) in [5, 5.41) is 13.0. The highest BCUT2D eigenvalue weighted by Gasteiger charge is 2.07. The van der Waals surface area contributed by atoms with Crippen LogP contribution in [0.3, 0.4) is 0 Å². The fourth-order valence-electron chi connectivity index (χ4n) is 1.44. The lowest BCUT2D eigenvalue weighted by Gasteiger charge is -2.06. The maximum atomic E-state index is 8.78. The summed E-state index contributed by atoms with van der Waals surface area (Å²) in [5.41, 5.74) is 0.590. The van der Waals surface area contributed by atoms with E-state index in [-0.39, 0.29) is 0 Å². The lowest BCUT2D eigenvalue weighted by molar-refractivity contribution is 0.474. The number of hydrogen-bond donors (Lipinski definition) is 0. The van der Waals surface area contributed by atoms with Gasteiger partial charge in [0, 0.05) is 6.04 Å². The molecule has 0 fully saturated rings. The Kier molecular flexibility index (Phi) is 3.68. The first-order valence-corrected chi connectivity index (χ1v) is 6.31. The molecule has 4 nitrogen and oxygen atoms in total. The van der Waals surface area contributed by atoms with Crippen LogP contribution in [-0.4, -0.2) is 9.78 Å². The first-order chi connectivity index (χ1) is 8.60. The van der Waals surface area contributed by atoms with Gasteiger partial charge >= 0.3 is 0 Å². The third-order valence-corrected chi connectivity index (χ3v) is 3.02. The van der Waals surface area contributed by atoms with E-state index in [1.165, 1.54) is 0 Å². The van der Waals surface area contributed by atoms with Gasteiger partial charge in [0.15, 0.2) is 5.75 Å². The summed E-state index contributed by atoms with van der Waals surface area (Å²) in [6, 6.07) is 7.57. The summed E-state index contributed by atoms with van der Waals surface area (Å²) in [4.78, 5) is 0. The van der Waals surface area contributed by atoms with E-state index in [1.807, 2.05) is 10.9 Å². The Hall–Kier alpha value is -1.80. The van der Waals surface area contributed by atoms with Gasteiger partial charge in [0.25, 0.3) is 0 Å². The molecule has 92 valence electrons. The maximum Gasteiger partial charge on any atom is 0.165 e. The van der Waals surface area contributed by atoms with E-state index in [4.69, 9.17) is 10.00 Å². The van der Waals surface area contributed by atoms with Gasteiger partial charge in [0.2, 0.25) is 0 Å². The van der Waals surface area contributed by atoms with Crippen molar-refractivity contribution in [3.05, 3.63) is 40.6 Å². The highest BCUT2D eigenvalue weighted by Crippen LogP contribution is 2.30. The molecule has 1 aromatic carbocycles. The Morgan fingerprint density at radius 2 is 2.22 bits per heavy atom. The number of halogens is 1. The van der Waals surface area contributed by atoms with Gasteiger partial charge in [0.1, 0.15) is 5.75 Å². The van der Waals surface area contributed by atoms with Gasteiger partial charge in [-0.15, -0.1) is 0 Å². The molecule has 1 aromatic heterocycles.